The number of aromatic nitrogens is 4. The topological polar surface area (TPSA) is 88.4 Å². The number of thioether (sulfide) groups is 1. The van der Waals surface area contributed by atoms with Crippen LogP contribution in [0.4, 0.5) is 0 Å². The van der Waals surface area contributed by atoms with Gasteiger partial charge < -0.3 is 14.2 Å². The van der Waals surface area contributed by atoms with Crippen LogP contribution in [0.25, 0.3) is 11.2 Å². The zero-order valence-electron chi connectivity index (χ0n) is 16.6. The Kier molecular flexibility index (Phi) is 5.34. The maximum absolute atomic E-state index is 12.4. The van der Waals surface area contributed by atoms with Gasteiger partial charge in [0.1, 0.15) is 29.7 Å². The number of imidazole rings is 1. The van der Waals surface area contributed by atoms with Crippen molar-refractivity contribution in [1.82, 2.24) is 19.5 Å². The van der Waals surface area contributed by atoms with Crippen molar-refractivity contribution in [3.8, 4) is 0 Å². The summed E-state index contributed by atoms with van der Waals surface area (Å²) in [5.74, 6) is -1.14. The molecule has 0 N–H and O–H groups in total. The van der Waals surface area contributed by atoms with E-state index < -0.39 is 5.79 Å². The van der Waals surface area contributed by atoms with Crippen molar-refractivity contribution in [3.63, 3.8) is 0 Å². The molecule has 4 unspecified atom stereocenters. The highest BCUT2D eigenvalue weighted by Gasteiger charge is 2.56. The summed E-state index contributed by atoms with van der Waals surface area (Å²) in [6.07, 6.45) is 1.06. The Hall–Kier alpha value is -1.91. The molecule has 2 fully saturated rings. The van der Waals surface area contributed by atoms with Gasteiger partial charge in [0.2, 0.25) is 5.28 Å². The first-order valence-electron chi connectivity index (χ1n) is 9.61. The molecule has 3 aromatic rings. The zero-order chi connectivity index (χ0) is 21.8. The van der Waals surface area contributed by atoms with Gasteiger partial charge in [-0.15, -0.1) is 11.8 Å². The summed E-state index contributed by atoms with van der Waals surface area (Å²) in [4.78, 5) is 25.0. The van der Waals surface area contributed by atoms with Crippen LogP contribution in [0, 0.1) is 0 Å². The minimum absolute atomic E-state index is 0.0380. The van der Waals surface area contributed by atoms with Crippen molar-refractivity contribution in [3.05, 3.63) is 52.7 Å². The minimum Gasteiger partial charge on any atom is -0.461 e. The summed E-state index contributed by atoms with van der Waals surface area (Å²) in [7, 11) is 0. The summed E-state index contributed by atoms with van der Waals surface area (Å²) in [5.41, 5.74) is 1.47. The normalized spacial score (nSPS) is 26.8. The maximum atomic E-state index is 12.4. The fourth-order valence-electron chi connectivity index (χ4n) is 3.88. The second kappa shape index (κ2) is 7.90. The molecule has 0 aliphatic carbocycles. The third kappa shape index (κ3) is 3.89. The molecule has 5 rings (SSSR count). The monoisotopic (exact) mass is 480 g/mol. The lowest BCUT2D eigenvalue weighted by Crippen LogP contribution is -2.32. The standard InChI is InChI=1S/C20H18Cl2N4O4S/c1-20(2)29-13-11(8-28-18(27)10-6-4-3-5-7-10)31-17(14(13)30-20)26-9-23-12-15(21)24-19(22)25-16(12)26/h3-7,9,11,13-14,17H,8H2,1-2H3. The van der Waals surface area contributed by atoms with Crippen LogP contribution in [0.1, 0.15) is 29.6 Å². The predicted molar refractivity (Wildman–Crippen MR) is 116 cm³/mol. The van der Waals surface area contributed by atoms with Crippen molar-refractivity contribution >= 4 is 52.1 Å². The van der Waals surface area contributed by atoms with Gasteiger partial charge in [-0.1, -0.05) is 29.8 Å². The quantitative estimate of drug-likeness (QED) is 0.313. The number of carbonyl (C=O) groups is 1. The summed E-state index contributed by atoms with van der Waals surface area (Å²) >= 11 is 13.8. The Morgan fingerprint density at radius 2 is 1.94 bits per heavy atom. The van der Waals surface area contributed by atoms with Gasteiger partial charge in [0.15, 0.2) is 16.6 Å². The van der Waals surface area contributed by atoms with Crippen molar-refractivity contribution < 1.29 is 19.0 Å². The molecule has 1 aromatic carbocycles. The third-order valence-electron chi connectivity index (χ3n) is 5.14. The van der Waals surface area contributed by atoms with Crippen molar-refractivity contribution in [2.24, 2.45) is 0 Å². The Balaban J connectivity index is 1.42. The predicted octanol–water partition coefficient (Wildman–Crippen LogP) is 4.12. The molecule has 0 amide bonds. The fraction of sp³-hybridized carbons (Fsp3) is 0.400. The van der Waals surface area contributed by atoms with Gasteiger partial charge in [-0.3, -0.25) is 4.57 Å². The zero-order valence-corrected chi connectivity index (χ0v) is 18.9. The van der Waals surface area contributed by atoms with E-state index in [1.807, 2.05) is 24.5 Å². The summed E-state index contributed by atoms with van der Waals surface area (Å²) in [5, 5.41) is -0.143. The van der Waals surface area contributed by atoms with Crippen molar-refractivity contribution in [1.29, 1.82) is 0 Å². The first-order valence-corrected chi connectivity index (χ1v) is 11.3. The van der Waals surface area contributed by atoms with Crippen LogP contribution in [0.3, 0.4) is 0 Å². The number of hydrogen-bond acceptors (Lipinski definition) is 8. The Bertz CT molecular complexity index is 1140. The van der Waals surface area contributed by atoms with Crippen LogP contribution in [0.15, 0.2) is 36.7 Å². The van der Waals surface area contributed by atoms with Crippen LogP contribution in [-0.4, -0.2) is 55.3 Å². The van der Waals surface area contributed by atoms with E-state index in [4.69, 9.17) is 37.4 Å². The number of rotatable bonds is 4. The highest BCUT2D eigenvalue weighted by molar-refractivity contribution is 8.00. The Labute approximate surface area is 192 Å². The molecule has 8 nitrogen and oxygen atoms in total. The molecular weight excluding hydrogens is 463 g/mol. The molecule has 0 bridgehead atoms. The summed E-state index contributed by atoms with van der Waals surface area (Å²) in [6.45, 7) is 3.91. The van der Waals surface area contributed by atoms with Gasteiger partial charge in [-0.05, 0) is 37.6 Å². The van der Waals surface area contributed by atoms with E-state index in [0.29, 0.717) is 16.7 Å². The molecule has 4 atom stereocenters. The average molecular weight is 481 g/mol. The van der Waals surface area contributed by atoms with E-state index in [1.54, 1.807) is 42.4 Å². The lowest BCUT2D eigenvalue weighted by atomic mass is 10.1. The van der Waals surface area contributed by atoms with Gasteiger partial charge in [0, 0.05) is 0 Å². The molecular formula is C20H18Cl2N4O4S. The number of benzene rings is 1. The van der Waals surface area contributed by atoms with E-state index in [-0.39, 0.29) is 45.8 Å². The molecule has 2 saturated heterocycles. The number of ether oxygens (including phenoxy) is 3. The van der Waals surface area contributed by atoms with E-state index in [1.165, 1.54) is 0 Å². The molecule has 2 aromatic heterocycles. The summed E-state index contributed by atoms with van der Waals surface area (Å²) in [6, 6.07) is 8.89. The Morgan fingerprint density at radius 1 is 1.19 bits per heavy atom. The van der Waals surface area contributed by atoms with Gasteiger partial charge in [0.25, 0.3) is 0 Å². The van der Waals surface area contributed by atoms with Crippen molar-refractivity contribution in [2.75, 3.05) is 6.61 Å². The van der Waals surface area contributed by atoms with E-state index in [0.717, 1.165) is 0 Å². The first-order chi connectivity index (χ1) is 14.8. The second-order valence-corrected chi connectivity index (χ2v) is 9.76. The maximum Gasteiger partial charge on any atom is 0.338 e. The smallest absolute Gasteiger partial charge is 0.338 e. The number of nitrogens with zero attached hydrogens (tertiary/aromatic N) is 4. The van der Waals surface area contributed by atoms with E-state index in [2.05, 4.69) is 15.0 Å². The Morgan fingerprint density at radius 3 is 2.71 bits per heavy atom. The molecule has 162 valence electrons. The fourth-order valence-corrected chi connectivity index (χ4v) is 5.82. The molecule has 0 saturated carbocycles. The van der Waals surface area contributed by atoms with Gasteiger partial charge in [0.05, 0.1) is 17.1 Å². The summed E-state index contributed by atoms with van der Waals surface area (Å²) < 4.78 is 19.8. The highest BCUT2D eigenvalue weighted by atomic mass is 35.5. The largest absolute Gasteiger partial charge is 0.461 e. The third-order valence-corrected chi connectivity index (χ3v) is 7.10. The molecule has 4 heterocycles. The molecule has 31 heavy (non-hydrogen) atoms. The number of fused-ring (bicyclic) bond motifs is 2. The first kappa shape index (κ1) is 21.0. The van der Waals surface area contributed by atoms with E-state index >= 15 is 0 Å². The number of halogens is 2. The molecule has 2 aliphatic heterocycles. The highest BCUT2D eigenvalue weighted by Crippen LogP contribution is 2.51. The van der Waals surface area contributed by atoms with Gasteiger partial charge in [-0.25, -0.2) is 14.8 Å². The van der Waals surface area contributed by atoms with Crippen molar-refractivity contribution in [2.45, 2.75) is 42.5 Å². The number of carbonyl (C=O) groups excluding carboxylic acids is 1. The van der Waals surface area contributed by atoms with Crippen LogP contribution >= 0.6 is 35.0 Å². The molecule has 0 radical (unpaired) electrons. The van der Waals surface area contributed by atoms with Crippen LogP contribution in [0.5, 0.6) is 0 Å². The van der Waals surface area contributed by atoms with Gasteiger partial charge in [-0.2, -0.15) is 4.98 Å². The lowest BCUT2D eigenvalue weighted by molar-refractivity contribution is -0.149. The lowest BCUT2D eigenvalue weighted by Gasteiger charge is -2.24. The van der Waals surface area contributed by atoms with Crippen LogP contribution < -0.4 is 0 Å². The van der Waals surface area contributed by atoms with Crippen LogP contribution in [0.2, 0.25) is 10.4 Å². The van der Waals surface area contributed by atoms with Crippen LogP contribution in [-0.2, 0) is 14.2 Å². The van der Waals surface area contributed by atoms with Gasteiger partial charge >= 0.3 is 5.97 Å². The molecule has 2 aliphatic rings. The van der Waals surface area contributed by atoms with E-state index in [9.17, 15) is 4.79 Å². The number of esters is 1. The molecule has 0 spiro atoms. The average Bonchev–Trinajstić information content (AvgIpc) is 3.38. The molecule has 11 heteroatoms. The second-order valence-electron chi connectivity index (χ2n) is 7.70. The SMILES string of the molecule is CC1(C)OC2C(COC(=O)c3ccccc3)SC(n3cnc4c(Cl)nc(Cl)nc43)C2O1. The number of hydrogen-bond donors (Lipinski definition) is 0. The minimum atomic E-state index is -0.767.